The van der Waals surface area contributed by atoms with Crippen LogP contribution in [0.1, 0.15) is 67.3 Å². The zero-order valence-electron chi connectivity index (χ0n) is 15.9. The molecule has 2 fully saturated rings. The van der Waals surface area contributed by atoms with Crippen molar-refractivity contribution < 1.29 is 18.3 Å². The van der Waals surface area contributed by atoms with Crippen LogP contribution in [-0.4, -0.2) is 43.7 Å². The molecule has 0 aromatic heterocycles. The molecule has 0 bridgehead atoms. The van der Waals surface area contributed by atoms with Gasteiger partial charge in [-0.15, -0.1) is 0 Å². The average molecular weight is 380 g/mol. The van der Waals surface area contributed by atoms with Crippen molar-refractivity contribution in [3.8, 4) is 0 Å². The van der Waals surface area contributed by atoms with E-state index in [1.54, 1.807) is 6.07 Å². The molecule has 1 aliphatic heterocycles. The highest BCUT2D eigenvalue weighted by molar-refractivity contribution is 5.94. The number of alkyl halides is 2. The molecule has 1 saturated heterocycles. The van der Waals surface area contributed by atoms with Gasteiger partial charge in [-0.05, 0) is 49.8 Å². The molecule has 27 heavy (non-hydrogen) atoms. The summed E-state index contributed by atoms with van der Waals surface area (Å²) in [5.41, 5.74) is 1.78. The van der Waals surface area contributed by atoms with Gasteiger partial charge in [0.1, 0.15) is 0 Å². The number of hydrogen-bond donors (Lipinski definition) is 2. The highest BCUT2D eigenvalue weighted by Gasteiger charge is 2.39. The van der Waals surface area contributed by atoms with Crippen molar-refractivity contribution in [3.63, 3.8) is 0 Å². The lowest BCUT2D eigenvalue weighted by atomic mass is 10.0. The number of carbonyl (C=O) groups is 1. The summed E-state index contributed by atoms with van der Waals surface area (Å²) in [5.74, 6) is 0.272. The third kappa shape index (κ3) is 5.98. The van der Waals surface area contributed by atoms with Gasteiger partial charge in [0.2, 0.25) is 6.43 Å². The quantitative estimate of drug-likeness (QED) is 0.684. The Balaban J connectivity index is 1.53. The molecule has 1 amide bonds. The molecule has 2 aliphatic rings. The molecule has 3 atom stereocenters. The smallest absolute Gasteiger partial charge is 0.251 e. The number of halogens is 2. The number of hydrogen-bond acceptors (Lipinski definition) is 3. The van der Waals surface area contributed by atoms with Gasteiger partial charge < -0.3 is 15.4 Å². The fraction of sp³-hybridized carbons (Fsp3) is 0.667. The molecule has 4 nitrogen and oxygen atoms in total. The van der Waals surface area contributed by atoms with Crippen LogP contribution in [0.15, 0.2) is 24.3 Å². The predicted molar refractivity (Wildman–Crippen MR) is 101 cm³/mol. The Kier molecular flexibility index (Phi) is 7.19. The van der Waals surface area contributed by atoms with E-state index in [2.05, 4.69) is 16.7 Å². The highest BCUT2D eigenvalue weighted by Crippen LogP contribution is 2.41. The largest absolute Gasteiger partial charge is 0.381 e. The van der Waals surface area contributed by atoms with Crippen LogP contribution in [0.25, 0.3) is 0 Å². The molecule has 3 unspecified atom stereocenters. The van der Waals surface area contributed by atoms with Gasteiger partial charge >= 0.3 is 0 Å². The molecule has 1 heterocycles. The summed E-state index contributed by atoms with van der Waals surface area (Å²) >= 11 is 0. The molecule has 150 valence electrons. The number of benzene rings is 1. The number of rotatable bonds is 9. The molecule has 3 rings (SSSR count). The van der Waals surface area contributed by atoms with Crippen LogP contribution in [0, 0.1) is 0 Å². The second kappa shape index (κ2) is 9.60. The first kappa shape index (κ1) is 20.2. The van der Waals surface area contributed by atoms with Crippen LogP contribution in [0.3, 0.4) is 0 Å². The zero-order chi connectivity index (χ0) is 19.2. The van der Waals surface area contributed by atoms with Gasteiger partial charge in [-0.1, -0.05) is 19.1 Å². The summed E-state index contributed by atoms with van der Waals surface area (Å²) < 4.78 is 30.2. The summed E-state index contributed by atoms with van der Waals surface area (Å²) in [4.78, 5) is 12.5. The fourth-order valence-corrected chi connectivity index (χ4v) is 3.80. The van der Waals surface area contributed by atoms with Crippen LogP contribution < -0.4 is 10.6 Å². The topological polar surface area (TPSA) is 50.4 Å². The first-order valence-electron chi connectivity index (χ1n) is 10.1. The van der Waals surface area contributed by atoms with Crippen molar-refractivity contribution in [2.75, 3.05) is 13.2 Å². The van der Waals surface area contributed by atoms with E-state index < -0.39 is 6.43 Å². The Morgan fingerprint density at radius 2 is 2.04 bits per heavy atom. The Hall–Kier alpha value is -1.53. The summed E-state index contributed by atoms with van der Waals surface area (Å²) in [6.45, 7) is 3.56. The van der Waals surface area contributed by atoms with Gasteiger partial charge in [-0.2, -0.15) is 0 Å². The SMILES string of the molecule is CCC(CCC(F)F)NC(=O)c1cccc(C2CC2NC2CCOCC2)c1. The van der Waals surface area contributed by atoms with Crippen molar-refractivity contribution >= 4 is 5.91 Å². The molecule has 1 saturated carbocycles. The maximum absolute atomic E-state index is 12.5. The van der Waals surface area contributed by atoms with Gasteiger partial charge in [0.05, 0.1) is 0 Å². The zero-order valence-corrected chi connectivity index (χ0v) is 15.9. The molecular weight excluding hydrogens is 350 g/mol. The molecule has 1 aliphatic carbocycles. The van der Waals surface area contributed by atoms with Crippen LogP contribution >= 0.6 is 0 Å². The van der Waals surface area contributed by atoms with E-state index in [1.807, 2.05) is 19.1 Å². The maximum Gasteiger partial charge on any atom is 0.251 e. The van der Waals surface area contributed by atoms with E-state index >= 15 is 0 Å². The van der Waals surface area contributed by atoms with Crippen molar-refractivity contribution in [1.29, 1.82) is 0 Å². The number of ether oxygens (including phenoxy) is 1. The van der Waals surface area contributed by atoms with Gasteiger partial charge in [0, 0.05) is 49.2 Å². The summed E-state index contributed by atoms with van der Waals surface area (Å²) in [6, 6.07) is 8.52. The van der Waals surface area contributed by atoms with Crippen molar-refractivity contribution in [2.24, 2.45) is 0 Å². The monoisotopic (exact) mass is 380 g/mol. The van der Waals surface area contributed by atoms with Gasteiger partial charge in [-0.3, -0.25) is 4.79 Å². The minimum Gasteiger partial charge on any atom is -0.381 e. The highest BCUT2D eigenvalue weighted by atomic mass is 19.3. The Morgan fingerprint density at radius 3 is 2.74 bits per heavy atom. The lowest BCUT2D eigenvalue weighted by molar-refractivity contribution is 0.0774. The third-order valence-electron chi connectivity index (χ3n) is 5.60. The maximum atomic E-state index is 12.5. The van der Waals surface area contributed by atoms with Crippen LogP contribution in [-0.2, 0) is 4.74 Å². The molecule has 6 heteroatoms. The minimum atomic E-state index is -2.32. The van der Waals surface area contributed by atoms with Crippen LogP contribution in [0.5, 0.6) is 0 Å². The first-order chi connectivity index (χ1) is 13.1. The summed E-state index contributed by atoms with van der Waals surface area (Å²) in [5, 5.41) is 6.61. The average Bonchev–Trinajstić information content (AvgIpc) is 3.45. The third-order valence-corrected chi connectivity index (χ3v) is 5.60. The van der Waals surface area contributed by atoms with E-state index in [4.69, 9.17) is 4.74 Å². The predicted octanol–water partition coefficient (Wildman–Crippen LogP) is 3.86. The molecule has 0 spiro atoms. The molecule has 0 radical (unpaired) electrons. The molecule has 1 aromatic rings. The second-order valence-electron chi connectivity index (χ2n) is 7.67. The Labute approximate surface area is 160 Å². The lowest BCUT2D eigenvalue weighted by Gasteiger charge is -2.23. The van der Waals surface area contributed by atoms with Crippen molar-refractivity contribution in [2.45, 2.75) is 75.9 Å². The van der Waals surface area contributed by atoms with E-state index in [1.165, 1.54) is 5.56 Å². The molecule has 1 aromatic carbocycles. The second-order valence-corrected chi connectivity index (χ2v) is 7.67. The van der Waals surface area contributed by atoms with E-state index in [0.29, 0.717) is 36.4 Å². The van der Waals surface area contributed by atoms with Crippen LogP contribution in [0.2, 0.25) is 0 Å². The van der Waals surface area contributed by atoms with Crippen LogP contribution in [0.4, 0.5) is 8.78 Å². The summed E-state index contributed by atoms with van der Waals surface area (Å²) in [7, 11) is 0. The number of nitrogens with one attached hydrogen (secondary N) is 2. The molecule has 2 N–H and O–H groups in total. The lowest BCUT2D eigenvalue weighted by Crippen LogP contribution is -2.36. The Bertz CT molecular complexity index is 620. The van der Waals surface area contributed by atoms with Crippen molar-refractivity contribution in [3.05, 3.63) is 35.4 Å². The van der Waals surface area contributed by atoms with Gasteiger partial charge in [0.15, 0.2) is 0 Å². The Morgan fingerprint density at radius 1 is 1.26 bits per heavy atom. The number of carbonyl (C=O) groups excluding carboxylic acids is 1. The molecular formula is C21H30F2N2O2. The van der Waals surface area contributed by atoms with Gasteiger partial charge in [0.25, 0.3) is 5.91 Å². The van der Waals surface area contributed by atoms with Crippen molar-refractivity contribution in [1.82, 2.24) is 10.6 Å². The van der Waals surface area contributed by atoms with E-state index in [-0.39, 0.29) is 18.4 Å². The standard InChI is InChI=1S/C21H30F2N2O2/c1-2-16(6-7-20(22)23)25-21(26)15-5-3-4-14(12-15)18-13-19(18)24-17-8-10-27-11-9-17/h3-5,12,16-20,24H,2,6-11,13H2,1H3,(H,25,26). The van der Waals surface area contributed by atoms with E-state index in [9.17, 15) is 13.6 Å². The fourth-order valence-electron chi connectivity index (χ4n) is 3.80. The van der Waals surface area contributed by atoms with Gasteiger partial charge in [-0.25, -0.2) is 8.78 Å². The van der Waals surface area contributed by atoms with E-state index in [0.717, 1.165) is 32.5 Å². The normalized spacial score (nSPS) is 24.0. The minimum absolute atomic E-state index is 0.174. The first-order valence-corrected chi connectivity index (χ1v) is 10.1. The summed E-state index contributed by atoms with van der Waals surface area (Å²) in [6.07, 6.45) is 1.66. The number of amides is 1.